The molecule has 0 radical (unpaired) electrons. The van der Waals surface area contributed by atoms with Gasteiger partial charge in [0.2, 0.25) is 5.95 Å². The zero-order valence-electron chi connectivity index (χ0n) is 15.1. The third kappa shape index (κ3) is 4.16. The predicted octanol–water partition coefficient (Wildman–Crippen LogP) is 2.24. The average molecular weight is 357 g/mol. The molecule has 0 amide bonds. The number of nitrogens with one attached hydrogen (secondary N) is 1. The Hall–Kier alpha value is -2.12. The zero-order valence-corrected chi connectivity index (χ0v) is 15.1. The maximum atomic E-state index is 9.06. The molecule has 7 nitrogen and oxygen atoms in total. The molecule has 0 aliphatic carbocycles. The Morgan fingerprint density at radius 2 is 1.85 bits per heavy atom. The molecule has 7 heteroatoms. The summed E-state index contributed by atoms with van der Waals surface area (Å²) in [5, 5.41) is 12.5. The molecule has 2 N–H and O–H groups in total. The molecule has 2 aliphatic heterocycles. The van der Waals surface area contributed by atoms with Gasteiger partial charge in [-0.15, -0.1) is 0 Å². The molecule has 0 atom stereocenters. The van der Waals surface area contributed by atoms with Crippen LogP contribution in [0.4, 0.5) is 11.8 Å². The van der Waals surface area contributed by atoms with Gasteiger partial charge >= 0.3 is 0 Å². The highest BCUT2D eigenvalue weighted by Crippen LogP contribution is 2.20. The smallest absolute Gasteiger partial charge is 0.224 e. The van der Waals surface area contributed by atoms with E-state index in [1.54, 1.807) is 0 Å². The van der Waals surface area contributed by atoms with Crippen molar-refractivity contribution in [3.8, 4) is 0 Å². The Morgan fingerprint density at radius 3 is 2.58 bits per heavy atom. The minimum Gasteiger partial charge on any atom is -0.462 e. The number of aromatic nitrogens is 2. The minimum atomic E-state index is -0.0467. The molecule has 26 heavy (non-hydrogen) atoms. The Morgan fingerprint density at radius 1 is 1.08 bits per heavy atom. The summed E-state index contributed by atoms with van der Waals surface area (Å²) < 4.78 is 5.54. The third-order valence-electron chi connectivity index (χ3n) is 5.11. The minimum absolute atomic E-state index is 0.0467. The maximum absolute atomic E-state index is 9.06. The van der Waals surface area contributed by atoms with Crippen LogP contribution in [0.15, 0.2) is 28.8 Å². The first-order valence-electron chi connectivity index (χ1n) is 9.55. The van der Waals surface area contributed by atoms with Crippen molar-refractivity contribution in [2.75, 3.05) is 36.4 Å². The van der Waals surface area contributed by atoms with Gasteiger partial charge in [-0.05, 0) is 31.0 Å². The molecule has 140 valence electrons. The SMILES string of the molecule is OCc1ccc(CN2CC(Nc3nccc(N4CCCCCC4)n3)C2)o1. The highest BCUT2D eigenvalue weighted by molar-refractivity contribution is 5.43. The van der Waals surface area contributed by atoms with Crippen LogP contribution < -0.4 is 10.2 Å². The molecule has 2 fully saturated rings. The van der Waals surface area contributed by atoms with Crippen LogP contribution in [-0.2, 0) is 13.2 Å². The van der Waals surface area contributed by atoms with E-state index in [0.29, 0.717) is 11.8 Å². The van der Waals surface area contributed by atoms with Crippen LogP contribution in [0.3, 0.4) is 0 Å². The van der Waals surface area contributed by atoms with Crippen molar-refractivity contribution in [3.05, 3.63) is 35.9 Å². The molecule has 2 aliphatic rings. The second-order valence-corrected chi connectivity index (χ2v) is 7.20. The standard InChI is InChI=1S/C19H27N5O2/c25-14-17-6-5-16(26-17)13-23-11-15(12-23)21-19-20-8-7-18(22-19)24-9-3-1-2-4-10-24/h5-8,15,25H,1-4,9-14H2,(H,20,21,22). The number of aliphatic hydroxyl groups excluding tert-OH is 1. The Balaban J connectivity index is 1.28. The van der Waals surface area contributed by atoms with E-state index in [-0.39, 0.29) is 6.61 Å². The van der Waals surface area contributed by atoms with E-state index in [1.807, 2.05) is 24.4 Å². The number of rotatable bonds is 6. The van der Waals surface area contributed by atoms with Gasteiger partial charge in [-0.2, -0.15) is 4.98 Å². The molecular weight excluding hydrogens is 330 g/mol. The lowest BCUT2D eigenvalue weighted by Gasteiger charge is -2.39. The monoisotopic (exact) mass is 357 g/mol. The van der Waals surface area contributed by atoms with Gasteiger partial charge in [0.15, 0.2) is 0 Å². The lowest BCUT2D eigenvalue weighted by molar-refractivity contribution is 0.138. The zero-order chi connectivity index (χ0) is 17.8. The molecule has 0 aromatic carbocycles. The lowest BCUT2D eigenvalue weighted by Crippen LogP contribution is -2.54. The molecule has 4 rings (SSSR count). The van der Waals surface area contributed by atoms with E-state index in [2.05, 4.69) is 20.1 Å². The highest BCUT2D eigenvalue weighted by atomic mass is 16.4. The first-order valence-corrected chi connectivity index (χ1v) is 9.55. The van der Waals surface area contributed by atoms with Crippen molar-refractivity contribution >= 4 is 11.8 Å². The summed E-state index contributed by atoms with van der Waals surface area (Å²) in [6.07, 6.45) is 6.98. The van der Waals surface area contributed by atoms with Gasteiger partial charge in [0.05, 0.1) is 12.6 Å². The molecule has 0 unspecified atom stereocenters. The Bertz CT molecular complexity index is 705. The second-order valence-electron chi connectivity index (χ2n) is 7.20. The van der Waals surface area contributed by atoms with Gasteiger partial charge in [-0.3, -0.25) is 4.90 Å². The van der Waals surface area contributed by atoms with E-state index < -0.39 is 0 Å². The predicted molar refractivity (Wildman–Crippen MR) is 100 cm³/mol. The van der Waals surface area contributed by atoms with E-state index in [1.165, 1.54) is 25.7 Å². The van der Waals surface area contributed by atoms with Crippen molar-refractivity contribution < 1.29 is 9.52 Å². The summed E-state index contributed by atoms with van der Waals surface area (Å²) in [7, 11) is 0. The molecule has 2 aromatic heterocycles. The van der Waals surface area contributed by atoms with Gasteiger partial charge in [-0.25, -0.2) is 4.98 Å². The van der Waals surface area contributed by atoms with Gasteiger partial charge in [0.25, 0.3) is 0 Å². The van der Waals surface area contributed by atoms with Crippen LogP contribution in [0.25, 0.3) is 0 Å². The second kappa shape index (κ2) is 8.05. The molecule has 0 spiro atoms. The van der Waals surface area contributed by atoms with Crippen molar-refractivity contribution in [1.82, 2.24) is 14.9 Å². The lowest BCUT2D eigenvalue weighted by atomic mass is 10.1. The summed E-state index contributed by atoms with van der Waals surface area (Å²) in [5.74, 6) is 3.27. The largest absolute Gasteiger partial charge is 0.462 e. The van der Waals surface area contributed by atoms with E-state index in [4.69, 9.17) is 14.5 Å². The molecule has 0 saturated carbocycles. The van der Waals surface area contributed by atoms with Crippen LogP contribution in [0.2, 0.25) is 0 Å². The van der Waals surface area contributed by atoms with E-state index in [0.717, 1.165) is 50.3 Å². The van der Waals surface area contributed by atoms with E-state index in [9.17, 15) is 0 Å². The van der Waals surface area contributed by atoms with Crippen LogP contribution in [-0.4, -0.2) is 52.2 Å². The number of furan rings is 1. The number of hydrogen-bond acceptors (Lipinski definition) is 7. The summed E-state index contributed by atoms with van der Waals surface area (Å²) >= 11 is 0. The van der Waals surface area contributed by atoms with Crippen LogP contribution in [0.5, 0.6) is 0 Å². The maximum Gasteiger partial charge on any atom is 0.224 e. The highest BCUT2D eigenvalue weighted by Gasteiger charge is 2.28. The molecule has 2 aromatic rings. The normalized spacial score (nSPS) is 19.2. The number of aliphatic hydroxyl groups is 1. The quantitative estimate of drug-likeness (QED) is 0.821. The van der Waals surface area contributed by atoms with Crippen LogP contribution in [0.1, 0.15) is 37.2 Å². The van der Waals surface area contributed by atoms with Crippen LogP contribution >= 0.6 is 0 Å². The fourth-order valence-corrected chi connectivity index (χ4v) is 3.68. The molecule has 4 heterocycles. The Kier molecular flexibility index (Phi) is 5.36. The van der Waals surface area contributed by atoms with Crippen molar-refractivity contribution in [2.24, 2.45) is 0 Å². The summed E-state index contributed by atoms with van der Waals surface area (Å²) in [4.78, 5) is 13.8. The first kappa shape index (κ1) is 17.3. The summed E-state index contributed by atoms with van der Waals surface area (Å²) in [5.41, 5.74) is 0. The number of anilines is 2. The van der Waals surface area contributed by atoms with Crippen molar-refractivity contribution in [2.45, 2.75) is 44.9 Å². The van der Waals surface area contributed by atoms with Crippen molar-refractivity contribution in [3.63, 3.8) is 0 Å². The Labute approximate surface area is 154 Å². The number of hydrogen-bond donors (Lipinski definition) is 2. The molecular formula is C19H27N5O2. The van der Waals surface area contributed by atoms with Gasteiger partial charge < -0.3 is 19.7 Å². The van der Waals surface area contributed by atoms with Crippen LogP contribution in [0, 0.1) is 0 Å². The first-order chi connectivity index (χ1) is 12.8. The molecule has 2 saturated heterocycles. The summed E-state index contributed by atoms with van der Waals surface area (Å²) in [6.45, 7) is 4.78. The summed E-state index contributed by atoms with van der Waals surface area (Å²) in [6, 6.07) is 6.13. The van der Waals surface area contributed by atoms with Crippen molar-refractivity contribution in [1.29, 1.82) is 0 Å². The third-order valence-corrected chi connectivity index (χ3v) is 5.11. The number of nitrogens with zero attached hydrogens (tertiary/aromatic N) is 4. The topological polar surface area (TPSA) is 77.7 Å². The average Bonchev–Trinajstić information content (AvgIpc) is 2.91. The van der Waals surface area contributed by atoms with Gasteiger partial charge in [0, 0.05) is 32.4 Å². The van der Waals surface area contributed by atoms with Gasteiger partial charge in [0.1, 0.15) is 23.9 Å². The molecule has 0 bridgehead atoms. The number of likely N-dealkylation sites (tertiary alicyclic amines) is 1. The fraction of sp³-hybridized carbons (Fsp3) is 0.579. The van der Waals surface area contributed by atoms with E-state index >= 15 is 0 Å². The fourth-order valence-electron chi connectivity index (χ4n) is 3.68. The van der Waals surface area contributed by atoms with Gasteiger partial charge in [-0.1, -0.05) is 12.8 Å².